The number of aliphatic hydroxyl groups excluding tert-OH is 1. The first-order valence-electron chi connectivity index (χ1n) is 7.25. The highest BCUT2D eigenvalue weighted by Gasteiger charge is 2.48. The molecule has 2 N–H and O–H groups in total. The fraction of sp³-hybridized carbons (Fsp3) is 0.562. The summed E-state index contributed by atoms with van der Waals surface area (Å²) >= 11 is 0. The predicted molar refractivity (Wildman–Crippen MR) is 82.7 cm³/mol. The summed E-state index contributed by atoms with van der Waals surface area (Å²) in [5.74, 6) is -3.14. The minimum Gasteiger partial charge on any atom is -0.511 e. The number of hydrogen-bond donors (Lipinski definition) is 2. The van der Waals surface area contributed by atoms with Gasteiger partial charge in [0.25, 0.3) is 0 Å². The van der Waals surface area contributed by atoms with Crippen LogP contribution in [0.2, 0.25) is 0 Å². The minimum absolute atomic E-state index is 0.0161. The number of carbonyl (C=O) groups is 2. The van der Waals surface area contributed by atoms with E-state index >= 15 is 0 Å². The van der Waals surface area contributed by atoms with Crippen molar-refractivity contribution in [2.45, 2.75) is 40.0 Å². The van der Waals surface area contributed by atoms with Gasteiger partial charge in [0.05, 0.1) is 11.3 Å². The maximum Gasteiger partial charge on any atom is 0.314 e. The van der Waals surface area contributed by atoms with Gasteiger partial charge in [0.2, 0.25) is 0 Å². The van der Waals surface area contributed by atoms with Gasteiger partial charge in [-0.05, 0) is 11.8 Å². The van der Waals surface area contributed by atoms with E-state index in [1.54, 1.807) is 13.8 Å². The summed E-state index contributed by atoms with van der Waals surface area (Å²) in [7, 11) is 0. The molecule has 0 heterocycles. The highest BCUT2D eigenvalue weighted by Crippen LogP contribution is 2.41. The molecule has 0 aliphatic heterocycles. The van der Waals surface area contributed by atoms with Crippen molar-refractivity contribution in [1.82, 2.24) is 0 Å². The van der Waals surface area contributed by atoms with E-state index in [9.17, 15) is 19.8 Å². The molecule has 0 amide bonds. The van der Waals surface area contributed by atoms with Crippen molar-refractivity contribution in [3.8, 4) is 0 Å². The fourth-order valence-corrected chi connectivity index (χ4v) is 2.64. The van der Waals surface area contributed by atoms with Gasteiger partial charge in [-0.1, -0.05) is 45.0 Å². The summed E-state index contributed by atoms with van der Waals surface area (Å²) < 4.78 is 0. The first-order valence-corrected chi connectivity index (χ1v) is 7.25. The lowest BCUT2D eigenvalue weighted by molar-refractivity contribution is -0.150. The van der Waals surface area contributed by atoms with Crippen LogP contribution in [0.1, 0.15) is 40.0 Å². The summed E-state index contributed by atoms with van der Waals surface area (Å²) in [5, 5.41) is 23.5. The Labute approximate surface area is 130 Å². The molecule has 0 aromatic heterocycles. The lowest BCUT2D eigenvalue weighted by atomic mass is 9.67. The van der Waals surface area contributed by atoms with Crippen molar-refractivity contribution < 1.29 is 24.6 Å². The Morgan fingerprint density at radius 1 is 1.55 bits per heavy atom. The number of nitrogens with zero attached hydrogens (tertiary/aromatic N) is 1. The van der Waals surface area contributed by atoms with Gasteiger partial charge in [-0.2, -0.15) is 0 Å². The molecule has 0 spiro atoms. The van der Waals surface area contributed by atoms with Crippen molar-refractivity contribution in [2.24, 2.45) is 16.5 Å². The van der Waals surface area contributed by atoms with E-state index in [1.165, 1.54) is 6.08 Å². The van der Waals surface area contributed by atoms with Gasteiger partial charge in [0.1, 0.15) is 18.3 Å². The molecule has 1 rings (SSSR count). The van der Waals surface area contributed by atoms with Crippen molar-refractivity contribution >= 4 is 17.5 Å². The number of rotatable bonds is 7. The fourth-order valence-electron chi connectivity index (χ4n) is 2.64. The summed E-state index contributed by atoms with van der Waals surface area (Å²) in [6.45, 7) is 8.87. The second kappa shape index (κ2) is 7.24. The molecular weight excluding hydrogens is 286 g/mol. The highest BCUT2D eigenvalue weighted by molar-refractivity contribution is 6.27. The van der Waals surface area contributed by atoms with E-state index in [2.05, 4.69) is 11.7 Å². The number of aliphatic hydroxyl groups is 1. The van der Waals surface area contributed by atoms with Gasteiger partial charge < -0.3 is 15.1 Å². The zero-order valence-electron chi connectivity index (χ0n) is 13.3. The molecule has 0 bridgehead atoms. The molecule has 6 heteroatoms. The van der Waals surface area contributed by atoms with Crippen LogP contribution in [0.3, 0.4) is 0 Å². The van der Waals surface area contributed by atoms with Gasteiger partial charge in [-0.15, -0.1) is 0 Å². The number of aliphatic carboxylic acids is 1. The van der Waals surface area contributed by atoms with E-state index in [1.807, 2.05) is 6.92 Å². The molecule has 0 saturated heterocycles. The topological polar surface area (TPSA) is 96.2 Å². The standard InChI is InChI=1S/C16H23NO5/c1-5-7-10(17-22-8-6-2)12-11(18)9-16(3,4)13(14(12)19)15(20)21/h6,13,18H,2,5,7-9H2,1,3-4H3,(H,20,21). The van der Waals surface area contributed by atoms with Crippen LogP contribution in [0.25, 0.3) is 0 Å². The van der Waals surface area contributed by atoms with E-state index in [-0.39, 0.29) is 30.1 Å². The first-order chi connectivity index (χ1) is 10.3. The van der Waals surface area contributed by atoms with Crippen LogP contribution in [0.4, 0.5) is 0 Å². The quantitative estimate of drug-likeness (QED) is 0.248. The molecule has 1 atom stereocenters. The van der Waals surface area contributed by atoms with Crippen LogP contribution in [0, 0.1) is 11.3 Å². The Morgan fingerprint density at radius 3 is 2.68 bits per heavy atom. The Bertz CT molecular complexity index is 531. The van der Waals surface area contributed by atoms with Crippen molar-refractivity contribution in [3.05, 3.63) is 24.0 Å². The Morgan fingerprint density at radius 2 is 2.18 bits per heavy atom. The van der Waals surface area contributed by atoms with Crippen LogP contribution in [-0.4, -0.2) is 34.3 Å². The van der Waals surface area contributed by atoms with Crippen LogP contribution in [-0.2, 0) is 14.4 Å². The second-order valence-electron chi connectivity index (χ2n) is 5.99. The SMILES string of the molecule is C=CCON=C(CCC)C1=C(O)CC(C)(C)C(C(=O)O)C1=O. The third-order valence-electron chi connectivity index (χ3n) is 3.59. The number of allylic oxidation sites excluding steroid dienone is 2. The van der Waals surface area contributed by atoms with Gasteiger partial charge in [0, 0.05) is 6.42 Å². The first kappa shape index (κ1) is 17.9. The maximum absolute atomic E-state index is 12.6. The van der Waals surface area contributed by atoms with E-state index in [4.69, 9.17) is 4.84 Å². The number of Topliss-reactive ketones (excluding diaryl/α,β-unsaturated/α-hetero) is 1. The number of carboxylic acids is 1. The Kier molecular flexibility index (Phi) is 5.91. The van der Waals surface area contributed by atoms with Gasteiger partial charge in [-0.25, -0.2) is 0 Å². The van der Waals surface area contributed by atoms with E-state index in [0.29, 0.717) is 12.8 Å². The summed E-state index contributed by atoms with van der Waals surface area (Å²) in [6.07, 6.45) is 2.71. The predicted octanol–water partition coefficient (Wildman–Crippen LogP) is 2.86. The number of ketones is 1. The largest absolute Gasteiger partial charge is 0.511 e. The summed E-state index contributed by atoms with van der Waals surface area (Å²) in [5.41, 5.74) is -0.582. The summed E-state index contributed by atoms with van der Waals surface area (Å²) in [4.78, 5) is 29.1. The molecule has 0 saturated carbocycles. The molecule has 1 aliphatic carbocycles. The number of oxime groups is 1. The molecule has 0 aromatic rings. The lowest BCUT2D eigenvalue weighted by Crippen LogP contribution is -2.43. The summed E-state index contributed by atoms with van der Waals surface area (Å²) in [6, 6.07) is 0. The third-order valence-corrected chi connectivity index (χ3v) is 3.59. The van der Waals surface area contributed by atoms with Crippen LogP contribution in [0.15, 0.2) is 29.1 Å². The molecule has 1 unspecified atom stereocenters. The molecule has 1 aliphatic rings. The van der Waals surface area contributed by atoms with Crippen LogP contribution < -0.4 is 0 Å². The number of carboxylic acid groups (broad SMARTS) is 1. The van der Waals surface area contributed by atoms with Gasteiger partial charge >= 0.3 is 5.97 Å². The van der Waals surface area contributed by atoms with Crippen molar-refractivity contribution in [2.75, 3.05) is 6.61 Å². The lowest BCUT2D eigenvalue weighted by Gasteiger charge is -2.35. The smallest absolute Gasteiger partial charge is 0.314 e. The van der Waals surface area contributed by atoms with E-state index < -0.39 is 23.1 Å². The molecule has 0 aromatic carbocycles. The highest BCUT2D eigenvalue weighted by atomic mass is 16.6. The Hall–Kier alpha value is -2.11. The molecule has 0 radical (unpaired) electrons. The number of carbonyl (C=O) groups excluding carboxylic acids is 1. The average molecular weight is 309 g/mol. The van der Waals surface area contributed by atoms with Crippen LogP contribution in [0.5, 0.6) is 0 Å². The van der Waals surface area contributed by atoms with Gasteiger partial charge in [-0.3, -0.25) is 9.59 Å². The van der Waals surface area contributed by atoms with Crippen molar-refractivity contribution in [3.63, 3.8) is 0 Å². The van der Waals surface area contributed by atoms with Gasteiger partial charge in [0.15, 0.2) is 5.78 Å². The average Bonchev–Trinajstić information content (AvgIpc) is 2.36. The number of hydrogen-bond acceptors (Lipinski definition) is 5. The Balaban J connectivity index is 3.28. The molecule has 22 heavy (non-hydrogen) atoms. The molecule has 0 fully saturated rings. The second-order valence-corrected chi connectivity index (χ2v) is 5.99. The monoisotopic (exact) mass is 309 g/mol. The van der Waals surface area contributed by atoms with E-state index in [0.717, 1.165) is 0 Å². The minimum atomic E-state index is -1.21. The molecule has 6 nitrogen and oxygen atoms in total. The zero-order chi connectivity index (χ0) is 16.9. The molecular formula is C16H23NO5. The van der Waals surface area contributed by atoms with Crippen LogP contribution >= 0.6 is 0 Å². The zero-order valence-corrected chi connectivity index (χ0v) is 13.3. The molecule has 122 valence electrons. The third kappa shape index (κ3) is 3.75. The maximum atomic E-state index is 12.6. The van der Waals surface area contributed by atoms with Crippen molar-refractivity contribution in [1.29, 1.82) is 0 Å². The normalized spacial score (nSPS) is 21.7.